The van der Waals surface area contributed by atoms with Crippen molar-refractivity contribution < 1.29 is 18.8 Å². The topological polar surface area (TPSA) is 69.7 Å². The number of amides is 3. The molecule has 0 radical (unpaired) electrons. The number of halogens is 1. The zero-order chi connectivity index (χ0) is 26.5. The van der Waals surface area contributed by atoms with Crippen LogP contribution in [0.2, 0.25) is 0 Å². The average molecular weight is 508 g/mol. The largest absolute Gasteiger partial charge is 0.343 e. The number of hydrogen-bond donors (Lipinski definition) is 1. The van der Waals surface area contributed by atoms with E-state index in [9.17, 15) is 18.8 Å². The molecule has 0 saturated carbocycles. The second kappa shape index (κ2) is 11.9. The lowest BCUT2D eigenvalue weighted by Gasteiger charge is -2.28. The molecule has 198 valence electrons. The molecule has 0 spiro atoms. The van der Waals surface area contributed by atoms with E-state index in [0.717, 1.165) is 24.0 Å². The highest BCUT2D eigenvalue weighted by Crippen LogP contribution is 2.28. The van der Waals surface area contributed by atoms with Crippen LogP contribution in [0.25, 0.3) is 0 Å². The Morgan fingerprint density at radius 3 is 2.27 bits per heavy atom. The van der Waals surface area contributed by atoms with Gasteiger partial charge in [0.1, 0.15) is 12.2 Å². The van der Waals surface area contributed by atoms with Gasteiger partial charge in [-0.2, -0.15) is 0 Å². The first kappa shape index (κ1) is 26.8. The monoisotopic (exact) mass is 507 g/mol. The number of carbonyl (C=O) groups excluding carboxylic acids is 3. The molecule has 2 aliphatic heterocycles. The summed E-state index contributed by atoms with van der Waals surface area (Å²) < 4.78 is 14.5. The van der Waals surface area contributed by atoms with Crippen LogP contribution >= 0.6 is 0 Å². The summed E-state index contributed by atoms with van der Waals surface area (Å²) in [6, 6.07) is 16.6. The van der Waals surface area contributed by atoms with Crippen LogP contribution in [0.5, 0.6) is 0 Å². The van der Waals surface area contributed by atoms with Gasteiger partial charge < -0.3 is 15.1 Å². The lowest BCUT2D eigenvalue weighted by molar-refractivity contribution is -0.139. The molecule has 2 aliphatic rings. The van der Waals surface area contributed by atoms with Gasteiger partial charge >= 0.3 is 0 Å². The van der Waals surface area contributed by atoms with E-state index in [0.29, 0.717) is 18.9 Å². The van der Waals surface area contributed by atoms with Crippen LogP contribution in [0.3, 0.4) is 0 Å². The number of hydrogen-bond acceptors (Lipinski definition) is 3. The average Bonchev–Trinajstić information content (AvgIpc) is 3.53. The molecular weight excluding hydrogens is 469 g/mol. The Balaban J connectivity index is 1.48. The van der Waals surface area contributed by atoms with Crippen molar-refractivity contribution >= 4 is 17.7 Å². The molecular formula is C30H38FN3O3. The molecule has 1 unspecified atom stereocenters. The Kier molecular flexibility index (Phi) is 8.62. The van der Waals surface area contributed by atoms with E-state index in [-0.39, 0.29) is 43.1 Å². The summed E-state index contributed by atoms with van der Waals surface area (Å²) in [5.74, 6) is -0.162. The molecule has 2 aromatic rings. The normalized spacial score (nSPS) is 22.4. The summed E-state index contributed by atoms with van der Waals surface area (Å²) in [7, 11) is 0. The number of nitrogens with one attached hydrogen (secondary N) is 1. The van der Waals surface area contributed by atoms with Crippen molar-refractivity contribution in [1.82, 2.24) is 15.1 Å². The first-order chi connectivity index (χ1) is 17.7. The fourth-order valence-electron chi connectivity index (χ4n) is 5.61. The Morgan fingerprint density at radius 1 is 0.973 bits per heavy atom. The van der Waals surface area contributed by atoms with Gasteiger partial charge in [0.2, 0.25) is 17.7 Å². The molecule has 2 fully saturated rings. The van der Waals surface area contributed by atoms with Crippen molar-refractivity contribution in [3.63, 3.8) is 0 Å². The Labute approximate surface area is 219 Å². The zero-order valence-corrected chi connectivity index (χ0v) is 22.0. The van der Waals surface area contributed by atoms with Crippen LogP contribution < -0.4 is 5.32 Å². The van der Waals surface area contributed by atoms with Crippen LogP contribution in [0.15, 0.2) is 54.6 Å². The standard InChI is InChI=1S/C30H38FN3O3/c1-20(2)22-11-13-24(14-12-22)29(23-8-5-4-6-9-23)32-30(37)27-18-25(31)19-34(27)28(36)16-15-26-10-7-17-33(26)21(3)35/h4-6,8-9,11-14,20,25-27,29H,7,10,15-19H2,1-3H3,(H,32,37)/t25-,26?,27+,29+/m1/s1. The summed E-state index contributed by atoms with van der Waals surface area (Å²) in [5, 5.41) is 3.11. The maximum Gasteiger partial charge on any atom is 0.243 e. The third-order valence-electron chi connectivity index (χ3n) is 7.70. The van der Waals surface area contributed by atoms with Gasteiger partial charge in [-0.05, 0) is 41.9 Å². The predicted molar refractivity (Wildman–Crippen MR) is 142 cm³/mol. The van der Waals surface area contributed by atoms with E-state index >= 15 is 0 Å². The molecule has 2 heterocycles. The molecule has 0 aliphatic carbocycles. The van der Waals surface area contributed by atoms with E-state index in [2.05, 4.69) is 31.3 Å². The van der Waals surface area contributed by atoms with Crippen molar-refractivity contribution in [2.45, 2.75) is 83.1 Å². The van der Waals surface area contributed by atoms with E-state index in [1.807, 2.05) is 47.4 Å². The maximum absolute atomic E-state index is 14.5. The van der Waals surface area contributed by atoms with Gasteiger partial charge in [-0.3, -0.25) is 14.4 Å². The number of alkyl halides is 1. The minimum atomic E-state index is -1.24. The fourth-order valence-corrected chi connectivity index (χ4v) is 5.61. The third kappa shape index (κ3) is 6.38. The molecule has 6 nitrogen and oxygen atoms in total. The molecule has 37 heavy (non-hydrogen) atoms. The number of likely N-dealkylation sites (tertiary alicyclic amines) is 2. The van der Waals surface area contributed by atoms with Crippen molar-refractivity contribution in [1.29, 1.82) is 0 Å². The van der Waals surface area contributed by atoms with Crippen LogP contribution in [0, 0.1) is 0 Å². The number of rotatable bonds is 8. The number of carbonyl (C=O) groups is 3. The second-order valence-corrected chi connectivity index (χ2v) is 10.6. The summed E-state index contributed by atoms with van der Waals surface area (Å²) >= 11 is 0. The van der Waals surface area contributed by atoms with Gasteiger partial charge in [-0.1, -0.05) is 68.4 Å². The Morgan fingerprint density at radius 2 is 1.62 bits per heavy atom. The first-order valence-electron chi connectivity index (χ1n) is 13.4. The SMILES string of the molecule is CC(=O)N1CCCC1CCC(=O)N1C[C@H](F)C[C@H]1C(=O)N[C@@H](c1ccccc1)c1ccc(C(C)C)cc1. The number of benzene rings is 2. The van der Waals surface area contributed by atoms with Crippen LogP contribution in [-0.2, 0) is 14.4 Å². The number of nitrogens with zero attached hydrogens (tertiary/aromatic N) is 2. The van der Waals surface area contributed by atoms with Gasteiger partial charge in [-0.15, -0.1) is 0 Å². The maximum atomic E-state index is 14.5. The van der Waals surface area contributed by atoms with Gasteiger partial charge in [0.25, 0.3) is 0 Å². The van der Waals surface area contributed by atoms with Crippen molar-refractivity contribution in [3.05, 3.63) is 71.3 Å². The molecule has 2 saturated heterocycles. The molecule has 0 bridgehead atoms. The van der Waals surface area contributed by atoms with Crippen LogP contribution in [-0.4, -0.2) is 58.9 Å². The van der Waals surface area contributed by atoms with E-state index in [1.165, 1.54) is 10.5 Å². The molecule has 0 aromatic heterocycles. The molecule has 4 rings (SSSR count). The van der Waals surface area contributed by atoms with Crippen molar-refractivity contribution in [2.75, 3.05) is 13.1 Å². The highest BCUT2D eigenvalue weighted by atomic mass is 19.1. The summed E-state index contributed by atoms with van der Waals surface area (Å²) in [5.41, 5.74) is 3.06. The molecule has 4 atom stereocenters. The summed E-state index contributed by atoms with van der Waals surface area (Å²) in [6.07, 6.45) is 1.29. The smallest absolute Gasteiger partial charge is 0.243 e. The van der Waals surface area contributed by atoms with Gasteiger partial charge in [0.15, 0.2) is 0 Å². The molecule has 7 heteroatoms. The van der Waals surface area contributed by atoms with Gasteiger partial charge in [0, 0.05) is 32.4 Å². The highest BCUT2D eigenvalue weighted by Gasteiger charge is 2.40. The quantitative estimate of drug-likeness (QED) is 0.561. The molecule has 3 amide bonds. The lowest BCUT2D eigenvalue weighted by atomic mass is 9.95. The zero-order valence-electron chi connectivity index (χ0n) is 22.0. The minimum absolute atomic E-state index is 0.00559. The lowest BCUT2D eigenvalue weighted by Crippen LogP contribution is -2.47. The van der Waals surface area contributed by atoms with Gasteiger partial charge in [0.05, 0.1) is 12.6 Å². The van der Waals surface area contributed by atoms with Crippen LogP contribution in [0.1, 0.15) is 81.5 Å². The van der Waals surface area contributed by atoms with E-state index in [4.69, 9.17) is 0 Å². The fraction of sp³-hybridized carbons (Fsp3) is 0.500. The van der Waals surface area contributed by atoms with Crippen molar-refractivity contribution in [2.24, 2.45) is 0 Å². The minimum Gasteiger partial charge on any atom is -0.343 e. The van der Waals surface area contributed by atoms with E-state index < -0.39 is 18.3 Å². The third-order valence-corrected chi connectivity index (χ3v) is 7.70. The summed E-state index contributed by atoms with van der Waals surface area (Å²) in [6.45, 7) is 6.46. The van der Waals surface area contributed by atoms with Crippen molar-refractivity contribution in [3.8, 4) is 0 Å². The predicted octanol–water partition coefficient (Wildman–Crippen LogP) is 4.75. The van der Waals surface area contributed by atoms with Gasteiger partial charge in [-0.25, -0.2) is 4.39 Å². The summed E-state index contributed by atoms with van der Waals surface area (Å²) in [4.78, 5) is 41.7. The van der Waals surface area contributed by atoms with E-state index in [1.54, 1.807) is 6.92 Å². The highest BCUT2D eigenvalue weighted by molar-refractivity contribution is 5.89. The second-order valence-electron chi connectivity index (χ2n) is 10.6. The molecule has 2 aromatic carbocycles. The Bertz CT molecular complexity index is 1090. The van der Waals surface area contributed by atoms with Crippen LogP contribution in [0.4, 0.5) is 4.39 Å². The first-order valence-corrected chi connectivity index (χ1v) is 13.4. The molecule has 1 N–H and O–H groups in total. The Hall–Kier alpha value is -3.22.